The summed E-state index contributed by atoms with van der Waals surface area (Å²) in [5, 5.41) is 0. The lowest BCUT2D eigenvalue weighted by molar-refractivity contribution is -0.149. The largest absolute Gasteiger partial charge is 0.497 e. The van der Waals surface area contributed by atoms with E-state index in [1.165, 1.54) is 0 Å². The summed E-state index contributed by atoms with van der Waals surface area (Å²) in [6.07, 6.45) is 0. The van der Waals surface area contributed by atoms with Crippen LogP contribution < -0.4 is 10.5 Å². The number of rotatable bonds is 3. The fraction of sp³-hybridized carbons (Fsp3) is 0.417. The quantitative estimate of drug-likeness (QED) is 0.771. The molecule has 1 aromatic rings. The van der Waals surface area contributed by atoms with Crippen LogP contribution in [0.25, 0.3) is 0 Å². The number of ether oxygens (including phenoxy) is 1. The van der Waals surface area contributed by atoms with Crippen molar-refractivity contribution in [2.24, 2.45) is 5.73 Å². The number of methoxy groups -OCH3 is 1. The third kappa shape index (κ3) is 1.55. The van der Waals surface area contributed by atoms with Gasteiger partial charge in [0.1, 0.15) is 11.8 Å². The molecule has 2 N–H and O–H groups in total. The van der Waals surface area contributed by atoms with Crippen LogP contribution in [0, 0.1) is 0 Å². The maximum Gasteiger partial charge on any atom is 0.242 e. The van der Waals surface area contributed by atoms with Gasteiger partial charge in [-0.15, -0.1) is 0 Å². The molecule has 4 heteroatoms. The molecule has 1 saturated heterocycles. The van der Waals surface area contributed by atoms with Gasteiger partial charge >= 0.3 is 0 Å². The van der Waals surface area contributed by atoms with Crippen LogP contribution in [0.4, 0.5) is 0 Å². The fourth-order valence-corrected chi connectivity index (χ4v) is 2.14. The van der Waals surface area contributed by atoms with Crippen molar-refractivity contribution in [2.75, 3.05) is 13.7 Å². The van der Waals surface area contributed by atoms with Crippen molar-refractivity contribution in [3.8, 4) is 5.75 Å². The van der Waals surface area contributed by atoms with Crippen LogP contribution in [0.3, 0.4) is 0 Å². The molecule has 2 rings (SSSR count). The zero-order valence-electron chi connectivity index (χ0n) is 9.51. The first-order valence-corrected chi connectivity index (χ1v) is 5.39. The number of likely N-dealkylation sites (tertiary alicyclic amines) is 1. The first-order valence-electron chi connectivity index (χ1n) is 5.39. The Morgan fingerprint density at radius 1 is 1.50 bits per heavy atom. The van der Waals surface area contributed by atoms with Crippen LogP contribution >= 0.6 is 0 Å². The minimum absolute atomic E-state index is 0.00685. The van der Waals surface area contributed by atoms with E-state index in [1.807, 2.05) is 31.2 Å². The number of carbonyl (C=O) groups is 1. The molecular weight excluding hydrogens is 204 g/mol. The van der Waals surface area contributed by atoms with Crippen LogP contribution in [0.1, 0.15) is 18.5 Å². The van der Waals surface area contributed by atoms with E-state index in [0.717, 1.165) is 11.3 Å². The van der Waals surface area contributed by atoms with Gasteiger partial charge in [-0.2, -0.15) is 0 Å². The summed E-state index contributed by atoms with van der Waals surface area (Å²) in [5.41, 5.74) is 6.86. The summed E-state index contributed by atoms with van der Waals surface area (Å²) < 4.78 is 5.16. The van der Waals surface area contributed by atoms with Crippen molar-refractivity contribution in [3.05, 3.63) is 29.8 Å². The minimum Gasteiger partial charge on any atom is -0.497 e. The summed E-state index contributed by atoms with van der Waals surface area (Å²) in [5.74, 6) is 0.815. The number of hydrogen-bond donors (Lipinski definition) is 1. The third-order valence-corrected chi connectivity index (χ3v) is 3.02. The highest BCUT2D eigenvalue weighted by atomic mass is 16.5. The van der Waals surface area contributed by atoms with E-state index in [2.05, 4.69) is 0 Å². The molecule has 1 amide bonds. The zero-order chi connectivity index (χ0) is 11.7. The molecule has 4 nitrogen and oxygen atoms in total. The Bertz CT molecular complexity index is 406. The standard InChI is InChI=1S/C12H16N2O2/c1-3-14-11(10(13)12(14)15)8-5-4-6-9(7-8)16-2/h4-7,10-11H,3,13H2,1-2H3/t10-,11-/m1/s1. The fourth-order valence-electron chi connectivity index (χ4n) is 2.14. The van der Waals surface area contributed by atoms with E-state index in [-0.39, 0.29) is 11.9 Å². The molecule has 1 heterocycles. The molecule has 0 spiro atoms. The van der Waals surface area contributed by atoms with E-state index >= 15 is 0 Å². The highest BCUT2D eigenvalue weighted by Crippen LogP contribution is 2.34. The van der Waals surface area contributed by atoms with E-state index in [0.29, 0.717) is 6.54 Å². The third-order valence-electron chi connectivity index (χ3n) is 3.02. The Balaban J connectivity index is 2.26. The molecule has 16 heavy (non-hydrogen) atoms. The second-order valence-electron chi connectivity index (χ2n) is 3.87. The molecule has 2 atom stereocenters. The maximum absolute atomic E-state index is 11.5. The monoisotopic (exact) mass is 220 g/mol. The number of benzene rings is 1. The topological polar surface area (TPSA) is 55.6 Å². The lowest BCUT2D eigenvalue weighted by Gasteiger charge is -2.45. The highest BCUT2D eigenvalue weighted by Gasteiger charge is 2.44. The molecule has 0 radical (unpaired) electrons. The number of nitrogens with two attached hydrogens (primary N) is 1. The van der Waals surface area contributed by atoms with Crippen LogP contribution in [-0.4, -0.2) is 30.5 Å². The van der Waals surface area contributed by atoms with Crippen molar-refractivity contribution in [3.63, 3.8) is 0 Å². The number of likely N-dealkylation sites (N-methyl/N-ethyl adjacent to an activating group) is 1. The SMILES string of the molecule is CCN1C(=O)[C@H](N)[C@H]1c1cccc(OC)c1. The van der Waals surface area contributed by atoms with Gasteiger partial charge in [-0.3, -0.25) is 4.79 Å². The van der Waals surface area contributed by atoms with Gasteiger partial charge < -0.3 is 15.4 Å². The average molecular weight is 220 g/mol. The molecular formula is C12H16N2O2. The van der Waals surface area contributed by atoms with Gasteiger partial charge in [-0.25, -0.2) is 0 Å². The van der Waals surface area contributed by atoms with Gasteiger partial charge in [-0.1, -0.05) is 12.1 Å². The van der Waals surface area contributed by atoms with E-state index in [1.54, 1.807) is 12.0 Å². The summed E-state index contributed by atoms with van der Waals surface area (Å²) in [4.78, 5) is 13.3. The summed E-state index contributed by atoms with van der Waals surface area (Å²) in [7, 11) is 1.63. The van der Waals surface area contributed by atoms with Crippen molar-refractivity contribution >= 4 is 5.91 Å². The Labute approximate surface area is 95.0 Å². The van der Waals surface area contributed by atoms with Crippen molar-refractivity contribution in [2.45, 2.75) is 19.0 Å². The number of nitrogens with zero attached hydrogens (tertiary/aromatic N) is 1. The molecule has 1 aromatic carbocycles. The van der Waals surface area contributed by atoms with Crippen LogP contribution in [0.15, 0.2) is 24.3 Å². The Kier molecular flexibility index (Phi) is 2.83. The predicted octanol–water partition coefficient (Wildman–Crippen LogP) is 0.926. The van der Waals surface area contributed by atoms with Gasteiger partial charge in [0.05, 0.1) is 13.2 Å². The second kappa shape index (κ2) is 4.14. The molecule has 1 aliphatic heterocycles. The molecule has 0 aliphatic carbocycles. The summed E-state index contributed by atoms with van der Waals surface area (Å²) in [6, 6.07) is 7.28. The predicted molar refractivity (Wildman–Crippen MR) is 61.1 cm³/mol. The van der Waals surface area contributed by atoms with Gasteiger partial charge in [0.2, 0.25) is 5.91 Å². The van der Waals surface area contributed by atoms with E-state index in [4.69, 9.17) is 10.5 Å². The minimum atomic E-state index is -0.410. The van der Waals surface area contributed by atoms with E-state index in [9.17, 15) is 4.79 Å². The van der Waals surface area contributed by atoms with Crippen molar-refractivity contribution in [1.29, 1.82) is 0 Å². The highest BCUT2D eigenvalue weighted by molar-refractivity contribution is 5.89. The van der Waals surface area contributed by atoms with Gasteiger partial charge in [0, 0.05) is 6.54 Å². The number of hydrogen-bond acceptors (Lipinski definition) is 3. The second-order valence-corrected chi connectivity index (χ2v) is 3.87. The molecule has 86 valence electrons. The lowest BCUT2D eigenvalue weighted by atomic mass is 9.89. The molecule has 0 bridgehead atoms. The van der Waals surface area contributed by atoms with Crippen LogP contribution in [0.5, 0.6) is 5.75 Å². The van der Waals surface area contributed by atoms with Gasteiger partial charge in [0.15, 0.2) is 0 Å². The number of amides is 1. The lowest BCUT2D eigenvalue weighted by Crippen LogP contribution is -2.62. The molecule has 1 fully saturated rings. The first kappa shape index (κ1) is 11.0. The van der Waals surface area contributed by atoms with Crippen molar-refractivity contribution in [1.82, 2.24) is 4.90 Å². The number of carbonyl (C=O) groups excluding carboxylic acids is 1. The zero-order valence-corrected chi connectivity index (χ0v) is 9.51. The molecule has 0 unspecified atom stereocenters. The van der Waals surface area contributed by atoms with Crippen LogP contribution in [0.2, 0.25) is 0 Å². The van der Waals surface area contributed by atoms with Gasteiger partial charge in [0.25, 0.3) is 0 Å². The Morgan fingerprint density at radius 3 is 2.88 bits per heavy atom. The van der Waals surface area contributed by atoms with Gasteiger partial charge in [-0.05, 0) is 24.6 Å². The Morgan fingerprint density at radius 2 is 2.25 bits per heavy atom. The van der Waals surface area contributed by atoms with Crippen molar-refractivity contribution < 1.29 is 9.53 Å². The first-order chi connectivity index (χ1) is 7.69. The molecule has 0 aromatic heterocycles. The summed E-state index contributed by atoms with van der Waals surface area (Å²) >= 11 is 0. The van der Waals surface area contributed by atoms with Crippen LogP contribution in [-0.2, 0) is 4.79 Å². The molecule has 1 aliphatic rings. The number of β-lactam (4-membered cyclic amide) rings is 1. The molecule has 0 saturated carbocycles. The smallest absolute Gasteiger partial charge is 0.242 e. The maximum atomic E-state index is 11.5. The summed E-state index contributed by atoms with van der Waals surface area (Å²) in [6.45, 7) is 2.64. The average Bonchev–Trinajstić information content (AvgIpc) is 2.34. The van der Waals surface area contributed by atoms with E-state index < -0.39 is 6.04 Å². The Hall–Kier alpha value is -1.55. The normalized spacial score (nSPS) is 24.2.